The lowest BCUT2D eigenvalue weighted by molar-refractivity contribution is -0.136. The van der Waals surface area contributed by atoms with Gasteiger partial charge in [0.05, 0.1) is 5.56 Å². The van der Waals surface area contributed by atoms with E-state index < -0.39 is 17.6 Å². The number of alkyl halides is 3. The second-order valence-corrected chi connectivity index (χ2v) is 4.81. The van der Waals surface area contributed by atoms with Gasteiger partial charge in [0.15, 0.2) is 5.96 Å². The van der Waals surface area contributed by atoms with Gasteiger partial charge < -0.3 is 16.5 Å². The van der Waals surface area contributed by atoms with E-state index in [9.17, 15) is 18.0 Å². The molecule has 1 aromatic carbocycles. The van der Waals surface area contributed by atoms with Crippen LogP contribution in [0.25, 0.3) is 10.9 Å². The number of guanidine groups is 1. The summed E-state index contributed by atoms with van der Waals surface area (Å²) in [4.78, 5) is 18.5. The standard InChI is InChI=1S/C14H16F3N5O.2ClH/c15-14(16,17)9-3-1-4-10-8(9)7-11(21-10)12(23)22-13(19)20-6-2-5-18;;/h1,3-4,7,21H,2,5-6,18H2,(H3,19,20,22,23);2*1H. The number of benzene rings is 1. The maximum absolute atomic E-state index is 12.9. The molecule has 2 rings (SSSR count). The topological polar surface area (TPSA) is 109 Å². The van der Waals surface area contributed by atoms with Crippen LogP contribution in [0.3, 0.4) is 0 Å². The minimum Gasteiger partial charge on any atom is -0.370 e. The third kappa shape index (κ3) is 5.80. The predicted octanol–water partition coefficient (Wildman–Crippen LogP) is 2.42. The van der Waals surface area contributed by atoms with Gasteiger partial charge in [0, 0.05) is 17.4 Å². The van der Waals surface area contributed by atoms with Crippen molar-refractivity contribution in [3.8, 4) is 0 Å². The fourth-order valence-electron chi connectivity index (χ4n) is 2.04. The molecule has 0 saturated heterocycles. The number of rotatable bonds is 4. The number of fused-ring (bicyclic) bond motifs is 1. The van der Waals surface area contributed by atoms with Crippen LogP contribution in [0, 0.1) is 0 Å². The Balaban J connectivity index is 0.00000288. The van der Waals surface area contributed by atoms with Gasteiger partial charge >= 0.3 is 6.18 Å². The lowest BCUT2D eigenvalue weighted by Gasteiger charge is -2.06. The van der Waals surface area contributed by atoms with Gasteiger partial charge in [-0.25, -0.2) is 0 Å². The molecular weight excluding hydrogens is 382 g/mol. The Kier molecular flexibility index (Phi) is 8.75. The van der Waals surface area contributed by atoms with Crippen LogP contribution < -0.4 is 16.8 Å². The van der Waals surface area contributed by atoms with Gasteiger partial charge in [-0.15, -0.1) is 24.8 Å². The van der Waals surface area contributed by atoms with E-state index in [0.717, 1.165) is 12.1 Å². The zero-order valence-corrected chi connectivity index (χ0v) is 14.5. The van der Waals surface area contributed by atoms with E-state index in [1.54, 1.807) is 0 Å². The summed E-state index contributed by atoms with van der Waals surface area (Å²) in [6, 6.07) is 4.83. The summed E-state index contributed by atoms with van der Waals surface area (Å²) in [7, 11) is 0. The predicted molar refractivity (Wildman–Crippen MR) is 95.4 cm³/mol. The number of nitrogens with zero attached hydrogens (tertiary/aromatic N) is 1. The van der Waals surface area contributed by atoms with Crippen LogP contribution >= 0.6 is 24.8 Å². The molecule has 0 unspecified atom stereocenters. The van der Waals surface area contributed by atoms with E-state index in [-0.39, 0.29) is 47.4 Å². The fraction of sp³-hybridized carbons (Fsp3) is 0.286. The van der Waals surface area contributed by atoms with Crippen LogP contribution in [-0.2, 0) is 6.18 Å². The van der Waals surface area contributed by atoms with Crippen LogP contribution in [0.15, 0.2) is 29.3 Å². The average molecular weight is 400 g/mol. The number of hydrogen-bond donors (Lipinski definition) is 4. The first kappa shape index (κ1) is 23.0. The number of carbonyl (C=O) groups is 1. The number of aromatic amines is 1. The van der Waals surface area contributed by atoms with Crippen molar-refractivity contribution in [3.05, 3.63) is 35.5 Å². The zero-order chi connectivity index (χ0) is 17.0. The second-order valence-electron chi connectivity index (χ2n) is 4.81. The molecule has 1 aromatic heterocycles. The highest BCUT2D eigenvalue weighted by Gasteiger charge is 2.33. The second kappa shape index (κ2) is 9.50. The number of nitrogens with two attached hydrogens (primary N) is 2. The Hall–Kier alpha value is -1.97. The lowest BCUT2D eigenvalue weighted by Crippen LogP contribution is -2.37. The van der Waals surface area contributed by atoms with Crippen LogP contribution in [0.4, 0.5) is 13.2 Å². The van der Waals surface area contributed by atoms with E-state index in [2.05, 4.69) is 15.3 Å². The summed E-state index contributed by atoms with van der Waals surface area (Å²) in [5, 5.41) is 2.23. The Morgan fingerprint density at radius 1 is 1.28 bits per heavy atom. The van der Waals surface area contributed by atoms with Crippen molar-refractivity contribution in [2.75, 3.05) is 13.1 Å². The molecule has 1 heterocycles. The SMILES string of the molecule is Cl.Cl.NCCCN=C(N)NC(=O)c1cc2c(C(F)(F)F)cccc2[nH]1. The summed E-state index contributed by atoms with van der Waals surface area (Å²) in [6.45, 7) is 0.792. The van der Waals surface area contributed by atoms with Gasteiger partial charge in [0.2, 0.25) is 0 Å². The molecule has 6 nitrogen and oxygen atoms in total. The number of carbonyl (C=O) groups excluding carboxylic acids is 1. The van der Waals surface area contributed by atoms with Gasteiger partial charge in [-0.1, -0.05) is 6.07 Å². The molecule has 11 heteroatoms. The third-order valence-electron chi connectivity index (χ3n) is 3.10. The maximum atomic E-state index is 12.9. The fourth-order valence-corrected chi connectivity index (χ4v) is 2.04. The quantitative estimate of drug-likeness (QED) is 0.360. The number of halogens is 5. The molecule has 0 bridgehead atoms. The van der Waals surface area contributed by atoms with Crippen molar-refractivity contribution >= 4 is 47.6 Å². The molecule has 2 aromatic rings. The van der Waals surface area contributed by atoms with Gasteiger partial charge in [0.25, 0.3) is 5.91 Å². The third-order valence-corrected chi connectivity index (χ3v) is 3.10. The molecule has 0 aliphatic carbocycles. The lowest BCUT2D eigenvalue weighted by atomic mass is 10.1. The molecular formula is C14H18Cl2F3N5O. The van der Waals surface area contributed by atoms with Crippen molar-refractivity contribution in [1.82, 2.24) is 10.3 Å². The van der Waals surface area contributed by atoms with E-state index in [0.29, 0.717) is 19.5 Å². The summed E-state index contributed by atoms with van der Waals surface area (Å²) >= 11 is 0. The molecule has 0 radical (unpaired) electrons. The molecule has 25 heavy (non-hydrogen) atoms. The van der Waals surface area contributed by atoms with E-state index >= 15 is 0 Å². The normalized spacial score (nSPS) is 11.6. The zero-order valence-electron chi connectivity index (χ0n) is 12.9. The molecule has 140 valence electrons. The Labute approximate surface area is 154 Å². The summed E-state index contributed by atoms with van der Waals surface area (Å²) in [5.41, 5.74) is 10.2. The number of hydrogen-bond acceptors (Lipinski definition) is 3. The molecule has 0 atom stereocenters. The van der Waals surface area contributed by atoms with Crippen molar-refractivity contribution in [2.45, 2.75) is 12.6 Å². The highest BCUT2D eigenvalue weighted by molar-refractivity contribution is 6.06. The van der Waals surface area contributed by atoms with Crippen LogP contribution in [0.1, 0.15) is 22.5 Å². The van der Waals surface area contributed by atoms with Gasteiger partial charge in [-0.2, -0.15) is 13.2 Å². The van der Waals surface area contributed by atoms with Crippen molar-refractivity contribution in [3.63, 3.8) is 0 Å². The number of nitrogens with one attached hydrogen (secondary N) is 2. The maximum Gasteiger partial charge on any atom is 0.417 e. The Morgan fingerprint density at radius 3 is 2.56 bits per heavy atom. The molecule has 1 amide bonds. The van der Waals surface area contributed by atoms with E-state index in [1.165, 1.54) is 12.1 Å². The first-order chi connectivity index (χ1) is 10.8. The van der Waals surface area contributed by atoms with Gasteiger partial charge in [-0.3, -0.25) is 15.1 Å². The van der Waals surface area contributed by atoms with Crippen molar-refractivity contribution in [2.24, 2.45) is 16.5 Å². The molecule has 0 aliphatic heterocycles. The van der Waals surface area contributed by atoms with Crippen LogP contribution in [0.5, 0.6) is 0 Å². The summed E-state index contributed by atoms with van der Waals surface area (Å²) < 4.78 is 38.8. The summed E-state index contributed by atoms with van der Waals surface area (Å²) in [6.07, 6.45) is -3.89. The highest BCUT2D eigenvalue weighted by atomic mass is 35.5. The Bertz CT molecular complexity index is 746. The molecule has 0 fully saturated rings. The van der Waals surface area contributed by atoms with Crippen LogP contribution in [0.2, 0.25) is 0 Å². The van der Waals surface area contributed by atoms with Crippen molar-refractivity contribution < 1.29 is 18.0 Å². The average Bonchev–Trinajstić information content (AvgIpc) is 2.90. The van der Waals surface area contributed by atoms with E-state index in [1.807, 2.05) is 0 Å². The van der Waals surface area contributed by atoms with Crippen LogP contribution in [-0.4, -0.2) is 29.9 Å². The highest BCUT2D eigenvalue weighted by Crippen LogP contribution is 2.34. The molecule has 6 N–H and O–H groups in total. The van der Waals surface area contributed by atoms with Gasteiger partial charge in [-0.05, 0) is 31.2 Å². The minimum absolute atomic E-state index is 0. The first-order valence-corrected chi connectivity index (χ1v) is 6.83. The minimum atomic E-state index is -4.50. The summed E-state index contributed by atoms with van der Waals surface area (Å²) in [5.74, 6) is -0.776. The first-order valence-electron chi connectivity index (χ1n) is 6.83. The number of aliphatic imine (C=N–C) groups is 1. The van der Waals surface area contributed by atoms with Crippen molar-refractivity contribution in [1.29, 1.82) is 0 Å². The van der Waals surface area contributed by atoms with Gasteiger partial charge in [0.1, 0.15) is 5.69 Å². The van der Waals surface area contributed by atoms with E-state index in [4.69, 9.17) is 11.5 Å². The number of H-pyrrole nitrogens is 1. The molecule has 0 aliphatic rings. The number of aromatic nitrogens is 1. The smallest absolute Gasteiger partial charge is 0.370 e. The number of amides is 1. The largest absolute Gasteiger partial charge is 0.417 e. The monoisotopic (exact) mass is 399 g/mol. The Morgan fingerprint density at radius 2 is 1.96 bits per heavy atom. The molecule has 0 saturated carbocycles. The molecule has 0 spiro atoms.